The largest absolute Gasteiger partial charge is 0.472 e. The van der Waals surface area contributed by atoms with Crippen molar-refractivity contribution >= 4 is 16.6 Å². The van der Waals surface area contributed by atoms with Crippen LogP contribution in [0.25, 0.3) is 10.9 Å². The minimum absolute atomic E-state index is 0.495. The number of benzene rings is 2. The predicted molar refractivity (Wildman–Crippen MR) is 84.6 cm³/mol. The van der Waals surface area contributed by atoms with Crippen LogP contribution in [0.1, 0.15) is 5.56 Å². The van der Waals surface area contributed by atoms with Crippen LogP contribution in [0.3, 0.4) is 0 Å². The summed E-state index contributed by atoms with van der Waals surface area (Å²) in [7, 11) is 4.05. The van der Waals surface area contributed by atoms with Crippen molar-refractivity contribution < 1.29 is 4.74 Å². The van der Waals surface area contributed by atoms with Gasteiger partial charge in [0.1, 0.15) is 12.9 Å². The molecule has 0 radical (unpaired) electrons. The second-order valence-corrected chi connectivity index (χ2v) is 5.05. The van der Waals surface area contributed by atoms with Gasteiger partial charge in [0.05, 0.1) is 10.9 Å². The number of ether oxygens (including phenoxy) is 1. The van der Waals surface area contributed by atoms with Gasteiger partial charge in [-0.1, -0.05) is 24.3 Å². The van der Waals surface area contributed by atoms with E-state index >= 15 is 0 Å². The zero-order chi connectivity index (χ0) is 14.7. The van der Waals surface area contributed by atoms with E-state index in [2.05, 4.69) is 39.1 Å². The normalized spacial score (nSPS) is 10.6. The van der Waals surface area contributed by atoms with Crippen LogP contribution in [0, 0.1) is 0 Å². The van der Waals surface area contributed by atoms with Crippen molar-refractivity contribution in [2.24, 2.45) is 0 Å². The van der Waals surface area contributed by atoms with Crippen molar-refractivity contribution in [1.82, 2.24) is 9.97 Å². The molecule has 0 saturated heterocycles. The van der Waals surface area contributed by atoms with Crippen molar-refractivity contribution in [3.05, 3.63) is 60.4 Å². The molecule has 106 valence electrons. The summed E-state index contributed by atoms with van der Waals surface area (Å²) < 4.78 is 5.84. The molecule has 0 aliphatic heterocycles. The third-order valence-electron chi connectivity index (χ3n) is 3.33. The van der Waals surface area contributed by atoms with E-state index in [1.54, 1.807) is 0 Å². The van der Waals surface area contributed by atoms with Crippen molar-refractivity contribution in [3.8, 4) is 5.88 Å². The molecule has 0 aliphatic carbocycles. The van der Waals surface area contributed by atoms with Crippen LogP contribution in [0.15, 0.2) is 54.9 Å². The van der Waals surface area contributed by atoms with Crippen molar-refractivity contribution in [2.75, 3.05) is 19.0 Å². The molecule has 21 heavy (non-hydrogen) atoms. The fraction of sp³-hybridized carbons (Fsp3) is 0.176. The van der Waals surface area contributed by atoms with Crippen LogP contribution in [0.2, 0.25) is 0 Å². The van der Waals surface area contributed by atoms with Crippen LogP contribution in [-0.2, 0) is 6.61 Å². The number of hydrogen-bond acceptors (Lipinski definition) is 4. The average molecular weight is 279 g/mol. The van der Waals surface area contributed by atoms with E-state index < -0.39 is 0 Å². The molecular weight excluding hydrogens is 262 g/mol. The van der Waals surface area contributed by atoms with E-state index in [4.69, 9.17) is 4.74 Å². The number of fused-ring (bicyclic) bond motifs is 1. The molecule has 0 N–H and O–H groups in total. The van der Waals surface area contributed by atoms with Crippen LogP contribution in [0.5, 0.6) is 5.88 Å². The summed E-state index contributed by atoms with van der Waals surface area (Å²) in [5.74, 6) is 0.622. The molecule has 2 aromatic carbocycles. The standard InChI is InChI=1S/C17H17N3O/c1-20(2)14-9-7-13(8-10-14)11-21-17-15-5-3-4-6-16(15)18-12-19-17/h3-10,12H,11H2,1-2H3. The maximum atomic E-state index is 5.84. The molecule has 4 nitrogen and oxygen atoms in total. The summed E-state index contributed by atoms with van der Waals surface area (Å²) in [6.45, 7) is 0.495. The van der Waals surface area contributed by atoms with Gasteiger partial charge in [-0.15, -0.1) is 0 Å². The maximum Gasteiger partial charge on any atom is 0.224 e. The Labute approximate surface area is 124 Å². The fourth-order valence-electron chi connectivity index (χ4n) is 2.14. The topological polar surface area (TPSA) is 38.2 Å². The van der Waals surface area contributed by atoms with Gasteiger partial charge in [0.2, 0.25) is 5.88 Å². The minimum atomic E-state index is 0.495. The van der Waals surface area contributed by atoms with Crippen LogP contribution in [0.4, 0.5) is 5.69 Å². The van der Waals surface area contributed by atoms with Gasteiger partial charge in [0, 0.05) is 19.8 Å². The van der Waals surface area contributed by atoms with Gasteiger partial charge in [-0.05, 0) is 29.8 Å². The Balaban J connectivity index is 1.77. The first-order chi connectivity index (χ1) is 10.2. The molecule has 0 atom stereocenters. The second-order valence-electron chi connectivity index (χ2n) is 5.05. The first-order valence-electron chi connectivity index (χ1n) is 6.83. The Morgan fingerprint density at radius 3 is 2.48 bits per heavy atom. The number of anilines is 1. The van der Waals surface area contributed by atoms with Gasteiger partial charge in [-0.3, -0.25) is 0 Å². The first kappa shape index (κ1) is 13.4. The number of para-hydroxylation sites is 1. The average Bonchev–Trinajstić information content (AvgIpc) is 2.53. The molecule has 0 saturated carbocycles. The lowest BCUT2D eigenvalue weighted by Crippen LogP contribution is -2.08. The van der Waals surface area contributed by atoms with Crippen molar-refractivity contribution in [3.63, 3.8) is 0 Å². The summed E-state index contributed by atoms with van der Waals surface area (Å²) >= 11 is 0. The van der Waals surface area contributed by atoms with Crippen LogP contribution >= 0.6 is 0 Å². The highest BCUT2D eigenvalue weighted by atomic mass is 16.5. The molecule has 1 heterocycles. The highest BCUT2D eigenvalue weighted by Crippen LogP contribution is 2.22. The number of nitrogens with zero attached hydrogens (tertiary/aromatic N) is 3. The number of aromatic nitrogens is 2. The quantitative estimate of drug-likeness (QED) is 0.734. The summed E-state index contributed by atoms with van der Waals surface area (Å²) in [5.41, 5.74) is 3.18. The molecule has 0 fully saturated rings. The van der Waals surface area contributed by atoms with E-state index in [0.29, 0.717) is 12.5 Å². The lowest BCUT2D eigenvalue weighted by atomic mass is 10.2. The van der Waals surface area contributed by atoms with Gasteiger partial charge in [0.15, 0.2) is 0 Å². The van der Waals surface area contributed by atoms with Gasteiger partial charge < -0.3 is 9.64 Å². The third-order valence-corrected chi connectivity index (χ3v) is 3.33. The Hall–Kier alpha value is -2.62. The van der Waals surface area contributed by atoms with E-state index in [0.717, 1.165) is 16.5 Å². The van der Waals surface area contributed by atoms with Gasteiger partial charge in [-0.25, -0.2) is 9.97 Å². The molecule has 4 heteroatoms. The van der Waals surface area contributed by atoms with E-state index in [-0.39, 0.29) is 0 Å². The van der Waals surface area contributed by atoms with E-state index in [1.807, 2.05) is 38.4 Å². The minimum Gasteiger partial charge on any atom is -0.472 e. The fourth-order valence-corrected chi connectivity index (χ4v) is 2.14. The van der Waals surface area contributed by atoms with Gasteiger partial charge in [0.25, 0.3) is 0 Å². The zero-order valence-electron chi connectivity index (χ0n) is 12.2. The molecule has 0 spiro atoms. The monoisotopic (exact) mass is 279 g/mol. The Morgan fingerprint density at radius 1 is 0.952 bits per heavy atom. The van der Waals surface area contributed by atoms with Crippen LogP contribution < -0.4 is 9.64 Å². The Bertz CT molecular complexity index is 733. The molecule has 0 bridgehead atoms. The van der Waals surface area contributed by atoms with Crippen LogP contribution in [-0.4, -0.2) is 24.1 Å². The smallest absolute Gasteiger partial charge is 0.224 e. The molecule has 0 aliphatic rings. The van der Waals surface area contributed by atoms with Gasteiger partial charge >= 0.3 is 0 Å². The summed E-state index contributed by atoms with van der Waals surface area (Å²) in [5, 5.41) is 0.935. The predicted octanol–water partition coefficient (Wildman–Crippen LogP) is 3.27. The summed E-state index contributed by atoms with van der Waals surface area (Å²) in [6.07, 6.45) is 1.53. The van der Waals surface area contributed by atoms with Crippen molar-refractivity contribution in [1.29, 1.82) is 0 Å². The lowest BCUT2D eigenvalue weighted by molar-refractivity contribution is 0.297. The second kappa shape index (κ2) is 5.79. The molecular formula is C17H17N3O. The van der Waals surface area contributed by atoms with E-state index in [1.165, 1.54) is 12.0 Å². The zero-order valence-corrected chi connectivity index (χ0v) is 12.2. The summed E-state index contributed by atoms with van der Waals surface area (Å²) in [4.78, 5) is 10.5. The lowest BCUT2D eigenvalue weighted by Gasteiger charge is -2.13. The number of hydrogen-bond donors (Lipinski definition) is 0. The highest BCUT2D eigenvalue weighted by Gasteiger charge is 2.04. The SMILES string of the molecule is CN(C)c1ccc(COc2ncnc3ccccc23)cc1. The first-order valence-corrected chi connectivity index (χ1v) is 6.83. The molecule has 0 unspecified atom stereocenters. The Kier molecular flexibility index (Phi) is 3.69. The molecule has 3 aromatic rings. The van der Waals surface area contributed by atoms with E-state index in [9.17, 15) is 0 Å². The maximum absolute atomic E-state index is 5.84. The van der Waals surface area contributed by atoms with Crippen molar-refractivity contribution in [2.45, 2.75) is 6.61 Å². The van der Waals surface area contributed by atoms with Gasteiger partial charge in [-0.2, -0.15) is 0 Å². The third kappa shape index (κ3) is 2.94. The molecule has 3 rings (SSSR count). The number of rotatable bonds is 4. The highest BCUT2D eigenvalue weighted by molar-refractivity contribution is 5.82. The summed E-state index contributed by atoms with van der Waals surface area (Å²) in [6, 6.07) is 16.1. The molecule has 1 aromatic heterocycles. The molecule has 0 amide bonds. The Morgan fingerprint density at radius 2 is 1.71 bits per heavy atom.